The molecule has 1 atom stereocenters. The van der Waals surface area contributed by atoms with Crippen molar-refractivity contribution in [3.8, 4) is 0 Å². The molecule has 2 rings (SSSR count). The van der Waals surface area contributed by atoms with Crippen molar-refractivity contribution in [2.75, 3.05) is 0 Å². The van der Waals surface area contributed by atoms with Gasteiger partial charge in [0, 0.05) is 16.8 Å². The Morgan fingerprint density at radius 2 is 1.88 bits per heavy atom. The van der Waals surface area contributed by atoms with Gasteiger partial charge in [-0.05, 0) is 40.0 Å². The van der Waals surface area contributed by atoms with Crippen molar-refractivity contribution in [2.45, 2.75) is 25.3 Å². The van der Waals surface area contributed by atoms with Gasteiger partial charge in [0.2, 0.25) is 0 Å². The minimum absolute atomic E-state index is 0.258. The monoisotopic (exact) mass is 309 g/mol. The van der Waals surface area contributed by atoms with E-state index in [1.807, 2.05) is 6.07 Å². The highest BCUT2D eigenvalue weighted by Gasteiger charge is 2.25. The molecule has 1 nitrogen and oxygen atoms in total. The van der Waals surface area contributed by atoms with Gasteiger partial charge in [-0.1, -0.05) is 37.3 Å². The zero-order chi connectivity index (χ0) is 12.3. The molecule has 0 aliphatic rings. The predicted molar refractivity (Wildman–Crippen MR) is 78.3 cm³/mol. The molecule has 0 fully saturated rings. The fourth-order valence-electron chi connectivity index (χ4n) is 1.96. The molecule has 0 saturated heterocycles. The van der Waals surface area contributed by atoms with E-state index >= 15 is 0 Å². The number of thiophene rings is 1. The van der Waals surface area contributed by atoms with Gasteiger partial charge in [-0.25, -0.2) is 0 Å². The van der Waals surface area contributed by atoms with Crippen LogP contribution in [0.5, 0.6) is 0 Å². The molecule has 2 aromatic rings. The first-order valence-electron chi connectivity index (χ1n) is 5.73. The summed E-state index contributed by atoms with van der Waals surface area (Å²) in [5.41, 5.74) is 7.51. The van der Waals surface area contributed by atoms with E-state index in [9.17, 15) is 0 Å². The summed E-state index contributed by atoms with van der Waals surface area (Å²) in [6.45, 7) is 2.15. The van der Waals surface area contributed by atoms with Gasteiger partial charge in [-0.2, -0.15) is 0 Å². The molecule has 0 bridgehead atoms. The molecule has 90 valence electrons. The topological polar surface area (TPSA) is 26.0 Å². The summed E-state index contributed by atoms with van der Waals surface area (Å²) in [6.07, 6.45) is 1.83. The summed E-state index contributed by atoms with van der Waals surface area (Å²) in [7, 11) is 0. The number of nitrogens with two attached hydrogens (primary N) is 1. The first kappa shape index (κ1) is 12.8. The summed E-state index contributed by atoms with van der Waals surface area (Å²) in [5.74, 6) is 0. The third kappa shape index (κ3) is 2.97. The second kappa shape index (κ2) is 5.34. The molecule has 0 aliphatic heterocycles. The van der Waals surface area contributed by atoms with Crippen LogP contribution in [0.25, 0.3) is 0 Å². The highest BCUT2D eigenvalue weighted by molar-refractivity contribution is 9.11. The Hall–Kier alpha value is -0.640. The van der Waals surface area contributed by atoms with Crippen molar-refractivity contribution in [2.24, 2.45) is 5.73 Å². The van der Waals surface area contributed by atoms with Crippen LogP contribution in [0, 0.1) is 0 Å². The van der Waals surface area contributed by atoms with Crippen molar-refractivity contribution >= 4 is 27.3 Å². The molecule has 3 heteroatoms. The first-order valence-corrected chi connectivity index (χ1v) is 7.33. The van der Waals surface area contributed by atoms with Crippen LogP contribution in [0.15, 0.2) is 46.3 Å². The lowest BCUT2D eigenvalue weighted by Crippen LogP contribution is -2.38. The highest BCUT2D eigenvalue weighted by atomic mass is 79.9. The Balaban J connectivity index is 2.26. The average Bonchev–Trinajstić information content (AvgIpc) is 2.75. The van der Waals surface area contributed by atoms with Gasteiger partial charge in [0.25, 0.3) is 0 Å². The minimum Gasteiger partial charge on any atom is -0.321 e. The Bertz CT molecular complexity index is 480. The standard InChI is InChI=1S/C14H16BrNS/c1-2-14(16,11-6-4-3-5-7-11)10-12-8-9-13(15)17-12/h3-9H,2,10,16H2,1H3. The lowest BCUT2D eigenvalue weighted by molar-refractivity contribution is 0.428. The molecule has 0 radical (unpaired) electrons. The van der Waals surface area contributed by atoms with Gasteiger partial charge in [0.1, 0.15) is 0 Å². The Kier molecular flexibility index (Phi) is 4.02. The number of rotatable bonds is 4. The van der Waals surface area contributed by atoms with Crippen LogP contribution in [-0.2, 0) is 12.0 Å². The summed E-state index contributed by atoms with van der Waals surface area (Å²) in [5, 5.41) is 0. The third-order valence-corrected chi connectivity index (χ3v) is 4.72. The van der Waals surface area contributed by atoms with Crippen molar-refractivity contribution in [3.63, 3.8) is 0 Å². The van der Waals surface area contributed by atoms with Crippen LogP contribution in [-0.4, -0.2) is 0 Å². The van der Waals surface area contributed by atoms with Crippen molar-refractivity contribution < 1.29 is 0 Å². The lowest BCUT2D eigenvalue weighted by atomic mass is 9.85. The van der Waals surface area contributed by atoms with Gasteiger partial charge in [-0.3, -0.25) is 0 Å². The lowest BCUT2D eigenvalue weighted by Gasteiger charge is -2.28. The van der Waals surface area contributed by atoms with Crippen LogP contribution >= 0.6 is 27.3 Å². The smallest absolute Gasteiger partial charge is 0.0701 e. The maximum atomic E-state index is 6.55. The molecule has 1 heterocycles. The van der Waals surface area contributed by atoms with E-state index in [0.717, 1.165) is 12.8 Å². The molecular weight excluding hydrogens is 294 g/mol. The number of halogens is 1. The fourth-order valence-corrected chi connectivity index (χ4v) is 3.57. The summed E-state index contributed by atoms with van der Waals surface area (Å²) in [4.78, 5) is 1.32. The predicted octanol–water partition coefficient (Wildman–Crippen LogP) is 4.32. The van der Waals surface area contributed by atoms with Crippen molar-refractivity contribution in [1.82, 2.24) is 0 Å². The van der Waals surface area contributed by atoms with Crippen LogP contribution in [0.2, 0.25) is 0 Å². The fraction of sp³-hybridized carbons (Fsp3) is 0.286. The number of benzene rings is 1. The van der Waals surface area contributed by atoms with Crippen LogP contribution < -0.4 is 5.73 Å². The normalized spacial score (nSPS) is 14.5. The SMILES string of the molecule is CCC(N)(Cc1ccc(Br)s1)c1ccccc1. The summed E-state index contributed by atoms with van der Waals surface area (Å²) in [6, 6.07) is 14.6. The average molecular weight is 310 g/mol. The molecule has 17 heavy (non-hydrogen) atoms. The Labute approximate surface area is 115 Å². The quantitative estimate of drug-likeness (QED) is 0.894. The van der Waals surface area contributed by atoms with Gasteiger partial charge in [0.15, 0.2) is 0 Å². The van der Waals surface area contributed by atoms with Gasteiger partial charge in [-0.15, -0.1) is 11.3 Å². The van der Waals surface area contributed by atoms with E-state index in [0.29, 0.717) is 0 Å². The van der Waals surface area contributed by atoms with Gasteiger partial charge >= 0.3 is 0 Å². The molecule has 0 amide bonds. The minimum atomic E-state index is -0.258. The molecule has 0 spiro atoms. The van der Waals surface area contributed by atoms with E-state index in [4.69, 9.17) is 5.73 Å². The van der Waals surface area contributed by atoms with Gasteiger partial charge in [0.05, 0.1) is 3.79 Å². The third-order valence-electron chi connectivity index (χ3n) is 3.10. The largest absolute Gasteiger partial charge is 0.321 e. The van der Waals surface area contributed by atoms with E-state index < -0.39 is 0 Å². The summed E-state index contributed by atoms with van der Waals surface area (Å²) < 4.78 is 1.17. The molecule has 0 saturated carbocycles. The maximum Gasteiger partial charge on any atom is 0.0701 e. The molecule has 1 aromatic carbocycles. The van der Waals surface area contributed by atoms with Crippen LogP contribution in [0.4, 0.5) is 0 Å². The van der Waals surface area contributed by atoms with Gasteiger partial charge < -0.3 is 5.73 Å². The van der Waals surface area contributed by atoms with Crippen LogP contribution in [0.3, 0.4) is 0 Å². The van der Waals surface area contributed by atoms with Crippen molar-refractivity contribution in [3.05, 3.63) is 56.7 Å². The number of hydrogen-bond acceptors (Lipinski definition) is 2. The Morgan fingerprint density at radius 3 is 2.41 bits per heavy atom. The highest BCUT2D eigenvalue weighted by Crippen LogP contribution is 2.31. The van der Waals surface area contributed by atoms with Crippen LogP contribution in [0.1, 0.15) is 23.8 Å². The maximum absolute atomic E-state index is 6.55. The molecule has 0 aliphatic carbocycles. The van der Waals surface area contributed by atoms with E-state index in [1.54, 1.807) is 11.3 Å². The van der Waals surface area contributed by atoms with E-state index in [-0.39, 0.29) is 5.54 Å². The molecule has 2 N–H and O–H groups in total. The second-order valence-electron chi connectivity index (χ2n) is 4.26. The second-order valence-corrected chi connectivity index (χ2v) is 6.81. The zero-order valence-electron chi connectivity index (χ0n) is 9.82. The first-order chi connectivity index (χ1) is 8.14. The molecule has 1 unspecified atom stereocenters. The van der Waals surface area contributed by atoms with E-state index in [2.05, 4.69) is 59.3 Å². The number of hydrogen-bond donors (Lipinski definition) is 1. The summed E-state index contributed by atoms with van der Waals surface area (Å²) >= 11 is 5.26. The van der Waals surface area contributed by atoms with Crippen molar-refractivity contribution in [1.29, 1.82) is 0 Å². The Morgan fingerprint density at radius 1 is 1.18 bits per heavy atom. The van der Waals surface area contributed by atoms with E-state index in [1.165, 1.54) is 14.2 Å². The molecular formula is C14H16BrNS. The molecule has 1 aromatic heterocycles. The zero-order valence-corrected chi connectivity index (χ0v) is 12.2.